The zero-order chi connectivity index (χ0) is 9.42. The number of benzene rings is 1. The lowest BCUT2D eigenvalue weighted by Crippen LogP contribution is -2.10. The molecule has 68 valence electrons. The number of aliphatic hydroxyl groups is 1. The molecular weight excluding hydrogens is 170 g/mol. The van der Waals surface area contributed by atoms with E-state index in [0.29, 0.717) is 17.7 Å². The summed E-state index contributed by atoms with van der Waals surface area (Å²) in [5, 5.41) is 27.8. The van der Waals surface area contributed by atoms with Crippen molar-refractivity contribution in [3.63, 3.8) is 0 Å². The van der Waals surface area contributed by atoms with Crippen molar-refractivity contribution in [1.29, 1.82) is 0 Å². The van der Waals surface area contributed by atoms with Crippen LogP contribution in [-0.2, 0) is 0 Å². The highest BCUT2D eigenvalue weighted by molar-refractivity contribution is 5.84. The summed E-state index contributed by atoms with van der Waals surface area (Å²) in [6, 6.07) is 2.75. The second-order valence-electron chi connectivity index (χ2n) is 2.98. The molecule has 0 saturated heterocycles. The van der Waals surface area contributed by atoms with E-state index in [1.54, 1.807) is 6.21 Å². The molecule has 4 nitrogen and oxygen atoms in total. The van der Waals surface area contributed by atoms with Crippen molar-refractivity contribution in [3.8, 4) is 11.5 Å². The van der Waals surface area contributed by atoms with E-state index in [-0.39, 0.29) is 11.5 Å². The molecule has 1 atom stereocenters. The molecule has 0 saturated carbocycles. The van der Waals surface area contributed by atoms with Crippen molar-refractivity contribution in [1.82, 2.24) is 0 Å². The number of aliphatic imine (C=N–C) groups is 1. The smallest absolute Gasteiger partial charge is 0.158 e. The van der Waals surface area contributed by atoms with Gasteiger partial charge in [0.15, 0.2) is 11.5 Å². The van der Waals surface area contributed by atoms with Crippen molar-refractivity contribution in [2.45, 2.75) is 6.10 Å². The number of fused-ring (bicyclic) bond motifs is 1. The standard InChI is InChI=1S/C9H9NO3/c11-7-1-5-3-10-4-9(13)6(5)2-8(7)12/h1-3,9,11-13H,4H2. The van der Waals surface area contributed by atoms with Gasteiger partial charge in [0.25, 0.3) is 0 Å². The fraction of sp³-hybridized carbons (Fsp3) is 0.222. The molecule has 1 aromatic carbocycles. The van der Waals surface area contributed by atoms with Gasteiger partial charge in [-0.2, -0.15) is 0 Å². The van der Waals surface area contributed by atoms with Gasteiger partial charge in [0.05, 0.1) is 12.6 Å². The van der Waals surface area contributed by atoms with Crippen LogP contribution in [0.2, 0.25) is 0 Å². The number of hydrogen-bond donors (Lipinski definition) is 3. The highest BCUT2D eigenvalue weighted by atomic mass is 16.3. The Kier molecular flexibility index (Phi) is 1.70. The second-order valence-corrected chi connectivity index (χ2v) is 2.98. The molecule has 0 fully saturated rings. The molecule has 4 heteroatoms. The maximum atomic E-state index is 9.47. The number of nitrogens with zero attached hydrogens (tertiary/aromatic N) is 1. The topological polar surface area (TPSA) is 73.0 Å². The minimum absolute atomic E-state index is 0.195. The van der Waals surface area contributed by atoms with Crippen LogP contribution in [0, 0.1) is 0 Å². The summed E-state index contributed by atoms with van der Waals surface area (Å²) >= 11 is 0. The van der Waals surface area contributed by atoms with Crippen LogP contribution >= 0.6 is 0 Å². The van der Waals surface area contributed by atoms with Gasteiger partial charge in [0.2, 0.25) is 0 Å². The number of aliphatic hydroxyl groups excluding tert-OH is 1. The van der Waals surface area contributed by atoms with Gasteiger partial charge in [-0.15, -0.1) is 0 Å². The Bertz CT molecular complexity index is 373. The van der Waals surface area contributed by atoms with Crippen molar-refractivity contribution in [2.24, 2.45) is 4.99 Å². The first-order valence-electron chi connectivity index (χ1n) is 3.92. The molecule has 1 heterocycles. The van der Waals surface area contributed by atoms with Gasteiger partial charge < -0.3 is 15.3 Å². The maximum absolute atomic E-state index is 9.47. The summed E-state index contributed by atoms with van der Waals surface area (Å²) in [4.78, 5) is 3.90. The highest BCUT2D eigenvalue weighted by Gasteiger charge is 2.17. The van der Waals surface area contributed by atoms with Gasteiger partial charge in [-0.1, -0.05) is 0 Å². The van der Waals surface area contributed by atoms with E-state index in [1.165, 1.54) is 12.1 Å². The molecule has 1 aliphatic heterocycles. The zero-order valence-corrected chi connectivity index (χ0v) is 6.81. The predicted molar refractivity (Wildman–Crippen MR) is 47.2 cm³/mol. The number of phenolic OH excluding ortho intramolecular Hbond substituents is 2. The molecule has 1 aromatic rings. The molecule has 0 amide bonds. The lowest BCUT2D eigenvalue weighted by molar-refractivity contribution is 0.185. The summed E-state index contributed by atoms with van der Waals surface area (Å²) in [7, 11) is 0. The first-order valence-corrected chi connectivity index (χ1v) is 3.92. The van der Waals surface area contributed by atoms with Crippen molar-refractivity contribution in [3.05, 3.63) is 23.3 Å². The number of phenols is 2. The first-order chi connectivity index (χ1) is 6.18. The normalized spacial score (nSPS) is 19.9. The van der Waals surface area contributed by atoms with E-state index in [1.807, 2.05) is 0 Å². The lowest BCUT2D eigenvalue weighted by Gasteiger charge is -2.16. The van der Waals surface area contributed by atoms with Crippen LogP contribution in [0.3, 0.4) is 0 Å². The second kappa shape index (κ2) is 2.74. The molecular formula is C9H9NO3. The average Bonchev–Trinajstić information content (AvgIpc) is 2.09. The van der Waals surface area contributed by atoms with Gasteiger partial charge in [-0.3, -0.25) is 4.99 Å². The largest absolute Gasteiger partial charge is 0.504 e. The minimum atomic E-state index is -0.688. The summed E-state index contributed by atoms with van der Waals surface area (Å²) in [6.07, 6.45) is 0.882. The molecule has 2 rings (SSSR count). The monoisotopic (exact) mass is 179 g/mol. The fourth-order valence-corrected chi connectivity index (χ4v) is 1.36. The first kappa shape index (κ1) is 8.07. The molecule has 0 spiro atoms. The van der Waals surface area contributed by atoms with Crippen LogP contribution < -0.4 is 0 Å². The molecule has 0 radical (unpaired) electrons. The Labute approximate surface area is 74.8 Å². The van der Waals surface area contributed by atoms with Gasteiger partial charge >= 0.3 is 0 Å². The Balaban J connectivity index is 2.60. The Morgan fingerprint density at radius 2 is 1.92 bits per heavy atom. The zero-order valence-electron chi connectivity index (χ0n) is 6.81. The van der Waals surface area contributed by atoms with Crippen molar-refractivity contribution < 1.29 is 15.3 Å². The van der Waals surface area contributed by atoms with Gasteiger partial charge in [0.1, 0.15) is 0 Å². The van der Waals surface area contributed by atoms with Gasteiger partial charge in [-0.05, 0) is 17.7 Å². The summed E-state index contributed by atoms with van der Waals surface area (Å²) < 4.78 is 0. The number of rotatable bonds is 0. The summed E-state index contributed by atoms with van der Waals surface area (Å²) in [5.41, 5.74) is 1.25. The average molecular weight is 179 g/mol. The maximum Gasteiger partial charge on any atom is 0.158 e. The van der Waals surface area contributed by atoms with Crippen LogP contribution in [-0.4, -0.2) is 28.1 Å². The fourth-order valence-electron chi connectivity index (χ4n) is 1.36. The van der Waals surface area contributed by atoms with Crippen LogP contribution in [0.5, 0.6) is 11.5 Å². The van der Waals surface area contributed by atoms with Crippen LogP contribution in [0.25, 0.3) is 0 Å². The molecule has 0 aliphatic carbocycles. The molecule has 3 N–H and O–H groups in total. The van der Waals surface area contributed by atoms with E-state index < -0.39 is 6.10 Å². The van der Waals surface area contributed by atoms with E-state index in [2.05, 4.69) is 4.99 Å². The molecule has 13 heavy (non-hydrogen) atoms. The molecule has 1 aliphatic rings. The summed E-state index contributed by atoms with van der Waals surface area (Å²) in [5.74, 6) is -0.410. The number of aromatic hydroxyl groups is 2. The third-order valence-electron chi connectivity index (χ3n) is 2.05. The van der Waals surface area contributed by atoms with E-state index in [0.717, 1.165) is 0 Å². The Morgan fingerprint density at radius 3 is 2.69 bits per heavy atom. The Hall–Kier alpha value is -1.55. The summed E-state index contributed by atoms with van der Waals surface area (Å²) in [6.45, 7) is 0.303. The Morgan fingerprint density at radius 1 is 1.23 bits per heavy atom. The minimum Gasteiger partial charge on any atom is -0.504 e. The SMILES string of the molecule is Oc1cc2c(cc1O)C(O)CN=C2. The predicted octanol–water partition coefficient (Wildman–Crippen LogP) is 0.564. The molecule has 0 aromatic heterocycles. The molecule has 0 bridgehead atoms. The lowest BCUT2D eigenvalue weighted by atomic mass is 10.00. The van der Waals surface area contributed by atoms with E-state index in [4.69, 9.17) is 5.11 Å². The highest BCUT2D eigenvalue weighted by Crippen LogP contribution is 2.32. The third-order valence-corrected chi connectivity index (χ3v) is 2.05. The van der Waals surface area contributed by atoms with Gasteiger partial charge in [0, 0.05) is 11.8 Å². The third kappa shape index (κ3) is 1.25. The van der Waals surface area contributed by atoms with Crippen LogP contribution in [0.15, 0.2) is 17.1 Å². The van der Waals surface area contributed by atoms with E-state index in [9.17, 15) is 10.2 Å². The quantitative estimate of drug-likeness (QED) is 0.509. The molecule has 1 unspecified atom stereocenters. The van der Waals surface area contributed by atoms with Gasteiger partial charge in [-0.25, -0.2) is 0 Å². The van der Waals surface area contributed by atoms with Crippen LogP contribution in [0.1, 0.15) is 17.2 Å². The van der Waals surface area contributed by atoms with E-state index >= 15 is 0 Å². The van der Waals surface area contributed by atoms with Crippen molar-refractivity contribution in [2.75, 3.05) is 6.54 Å². The number of hydrogen-bond acceptors (Lipinski definition) is 4. The van der Waals surface area contributed by atoms with Crippen LogP contribution in [0.4, 0.5) is 0 Å². The van der Waals surface area contributed by atoms with Crippen molar-refractivity contribution >= 4 is 6.21 Å².